The lowest BCUT2D eigenvalue weighted by Gasteiger charge is -2.18. The number of nitrogens with two attached hydrogens (primary N) is 1. The Kier molecular flexibility index (Phi) is 5.87. The first-order valence-electron chi connectivity index (χ1n) is 4.67. The van der Waals surface area contributed by atoms with Gasteiger partial charge in [-0.3, -0.25) is 9.59 Å². The fourth-order valence-electron chi connectivity index (χ4n) is 1.09. The molecule has 0 radical (unpaired) electrons. The summed E-state index contributed by atoms with van der Waals surface area (Å²) in [5.41, 5.74) is 5.45. The van der Waals surface area contributed by atoms with Crippen molar-refractivity contribution >= 4 is 11.9 Å². The van der Waals surface area contributed by atoms with E-state index in [1.807, 2.05) is 6.92 Å². The molecular weight excluding hydrogens is 184 g/mol. The number of carboxylic acid groups (broad SMARTS) is 1. The molecule has 0 fully saturated rings. The van der Waals surface area contributed by atoms with E-state index in [0.717, 1.165) is 6.42 Å². The molecule has 0 spiro atoms. The number of nitrogens with zero attached hydrogens (tertiary/aromatic N) is 1. The third-order valence-corrected chi connectivity index (χ3v) is 2.17. The fourth-order valence-corrected chi connectivity index (χ4v) is 1.09. The monoisotopic (exact) mass is 202 g/mol. The summed E-state index contributed by atoms with van der Waals surface area (Å²) in [5.74, 6) is -1.01. The van der Waals surface area contributed by atoms with E-state index in [0.29, 0.717) is 13.0 Å². The second kappa shape index (κ2) is 6.37. The SMILES string of the molecule is CCC(CN)CC(=O)N(C)CC(=O)O. The topological polar surface area (TPSA) is 83.6 Å². The zero-order chi connectivity index (χ0) is 11.1. The van der Waals surface area contributed by atoms with Crippen LogP contribution in [0.4, 0.5) is 0 Å². The molecule has 5 heteroatoms. The lowest BCUT2D eigenvalue weighted by Crippen LogP contribution is -2.34. The van der Waals surface area contributed by atoms with Crippen LogP contribution in [0.15, 0.2) is 0 Å². The highest BCUT2D eigenvalue weighted by atomic mass is 16.4. The number of hydrogen-bond donors (Lipinski definition) is 2. The summed E-state index contributed by atoms with van der Waals surface area (Å²) in [6.45, 7) is 2.17. The van der Waals surface area contributed by atoms with Gasteiger partial charge in [0.05, 0.1) is 0 Å². The maximum absolute atomic E-state index is 11.4. The second-order valence-corrected chi connectivity index (χ2v) is 3.36. The van der Waals surface area contributed by atoms with Crippen molar-refractivity contribution < 1.29 is 14.7 Å². The number of carboxylic acids is 1. The number of carbonyl (C=O) groups excluding carboxylic acids is 1. The Morgan fingerprint density at radius 1 is 1.50 bits per heavy atom. The second-order valence-electron chi connectivity index (χ2n) is 3.36. The quantitative estimate of drug-likeness (QED) is 0.630. The van der Waals surface area contributed by atoms with Gasteiger partial charge in [0, 0.05) is 13.5 Å². The molecule has 0 aliphatic carbocycles. The first-order valence-corrected chi connectivity index (χ1v) is 4.67. The highest BCUT2D eigenvalue weighted by Gasteiger charge is 2.15. The molecular formula is C9H18N2O3. The van der Waals surface area contributed by atoms with Crippen LogP contribution in [0.5, 0.6) is 0 Å². The Hall–Kier alpha value is -1.10. The van der Waals surface area contributed by atoms with Crippen molar-refractivity contribution in [3.63, 3.8) is 0 Å². The molecule has 0 rings (SSSR count). The average molecular weight is 202 g/mol. The van der Waals surface area contributed by atoms with Gasteiger partial charge in [0.2, 0.25) is 5.91 Å². The van der Waals surface area contributed by atoms with Crippen molar-refractivity contribution in [2.75, 3.05) is 20.1 Å². The minimum Gasteiger partial charge on any atom is -0.480 e. The summed E-state index contributed by atoms with van der Waals surface area (Å²) < 4.78 is 0. The van der Waals surface area contributed by atoms with Gasteiger partial charge in [-0.2, -0.15) is 0 Å². The van der Waals surface area contributed by atoms with Gasteiger partial charge in [-0.05, 0) is 12.5 Å². The van der Waals surface area contributed by atoms with E-state index in [1.54, 1.807) is 0 Å². The Balaban J connectivity index is 3.99. The molecule has 1 unspecified atom stereocenters. The fraction of sp³-hybridized carbons (Fsp3) is 0.778. The summed E-state index contributed by atoms with van der Waals surface area (Å²) >= 11 is 0. The Morgan fingerprint density at radius 3 is 2.43 bits per heavy atom. The number of hydrogen-bond acceptors (Lipinski definition) is 3. The van der Waals surface area contributed by atoms with Crippen molar-refractivity contribution in [3.8, 4) is 0 Å². The van der Waals surface area contributed by atoms with Gasteiger partial charge in [-0.15, -0.1) is 0 Å². The third kappa shape index (κ3) is 4.81. The van der Waals surface area contributed by atoms with E-state index in [9.17, 15) is 9.59 Å². The van der Waals surface area contributed by atoms with Crippen molar-refractivity contribution in [1.29, 1.82) is 0 Å². The van der Waals surface area contributed by atoms with Crippen LogP contribution in [0.3, 0.4) is 0 Å². The Morgan fingerprint density at radius 2 is 2.07 bits per heavy atom. The van der Waals surface area contributed by atoms with Crippen molar-refractivity contribution in [2.24, 2.45) is 11.7 Å². The van der Waals surface area contributed by atoms with Crippen LogP contribution in [0.2, 0.25) is 0 Å². The van der Waals surface area contributed by atoms with Gasteiger partial charge in [0.1, 0.15) is 6.54 Å². The van der Waals surface area contributed by atoms with Gasteiger partial charge < -0.3 is 15.7 Å². The zero-order valence-corrected chi connectivity index (χ0v) is 8.69. The largest absolute Gasteiger partial charge is 0.480 e. The number of amides is 1. The first kappa shape index (κ1) is 12.9. The predicted octanol–water partition coefficient (Wildman–Crippen LogP) is -0.0956. The van der Waals surface area contributed by atoms with E-state index in [1.165, 1.54) is 11.9 Å². The molecule has 0 aromatic carbocycles. The lowest BCUT2D eigenvalue weighted by molar-refractivity contribution is -0.143. The normalized spacial score (nSPS) is 12.2. The van der Waals surface area contributed by atoms with Crippen LogP contribution in [0.25, 0.3) is 0 Å². The predicted molar refractivity (Wildman–Crippen MR) is 52.7 cm³/mol. The smallest absolute Gasteiger partial charge is 0.323 e. The molecule has 0 aromatic rings. The van der Waals surface area contributed by atoms with E-state index >= 15 is 0 Å². The van der Waals surface area contributed by atoms with Gasteiger partial charge in [-0.1, -0.05) is 13.3 Å². The van der Waals surface area contributed by atoms with Crippen LogP contribution >= 0.6 is 0 Å². The maximum Gasteiger partial charge on any atom is 0.323 e. The lowest BCUT2D eigenvalue weighted by atomic mass is 10.0. The van der Waals surface area contributed by atoms with E-state index < -0.39 is 5.97 Å². The van der Waals surface area contributed by atoms with Crippen LogP contribution in [-0.4, -0.2) is 42.0 Å². The van der Waals surface area contributed by atoms with Crippen molar-refractivity contribution in [2.45, 2.75) is 19.8 Å². The van der Waals surface area contributed by atoms with Crippen LogP contribution in [-0.2, 0) is 9.59 Å². The number of carbonyl (C=O) groups is 2. The number of likely N-dealkylation sites (N-methyl/N-ethyl adjacent to an activating group) is 1. The maximum atomic E-state index is 11.4. The van der Waals surface area contributed by atoms with Crippen molar-refractivity contribution in [1.82, 2.24) is 4.90 Å². The standard InChI is InChI=1S/C9H18N2O3/c1-3-7(5-10)4-8(12)11(2)6-9(13)14/h7H,3-6,10H2,1-2H3,(H,13,14). The molecule has 0 saturated carbocycles. The highest BCUT2D eigenvalue weighted by molar-refractivity contribution is 5.81. The molecule has 1 amide bonds. The molecule has 5 nitrogen and oxygen atoms in total. The molecule has 14 heavy (non-hydrogen) atoms. The minimum atomic E-state index is -0.998. The number of rotatable bonds is 6. The minimum absolute atomic E-state index is 0.152. The molecule has 0 aromatic heterocycles. The molecule has 3 N–H and O–H groups in total. The summed E-state index contributed by atoms with van der Waals surface area (Å²) in [5, 5.41) is 8.46. The summed E-state index contributed by atoms with van der Waals surface area (Å²) in [6, 6.07) is 0. The van der Waals surface area contributed by atoms with Crippen LogP contribution in [0, 0.1) is 5.92 Å². The molecule has 0 aliphatic heterocycles. The highest BCUT2D eigenvalue weighted by Crippen LogP contribution is 2.07. The molecule has 1 atom stereocenters. The molecule has 0 saturated heterocycles. The van der Waals surface area contributed by atoms with Crippen LogP contribution in [0.1, 0.15) is 19.8 Å². The van der Waals surface area contributed by atoms with Gasteiger partial charge in [0.25, 0.3) is 0 Å². The molecule has 0 aliphatic rings. The van der Waals surface area contributed by atoms with E-state index in [2.05, 4.69) is 0 Å². The van der Waals surface area contributed by atoms with Crippen molar-refractivity contribution in [3.05, 3.63) is 0 Å². The summed E-state index contributed by atoms with van der Waals surface area (Å²) in [4.78, 5) is 22.9. The van der Waals surface area contributed by atoms with Gasteiger partial charge in [0.15, 0.2) is 0 Å². The zero-order valence-electron chi connectivity index (χ0n) is 8.69. The average Bonchev–Trinajstić information content (AvgIpc) is 2.12. The van der Waals surface area contributed by atoms with Gasteiger partial charge in [-0.25, -0.2) is 0 Å². The first-order chi connectivity index (χ1) is 6.51. The molecule has 0 heterocycles. The molecule has 82 valence electrons. The van der Waals surface area contributed by atoms with E-state index in [-0.39, 0.29) is 18.4 Å². The van der Waals surface area contributed by atoms with Gasteiger partial charge >= 0.3 is 5.97 Å². The summed E-state index contributed by atoms with van der Waals surface area (Å²) in [6.07, 6.45) is 1.17. The van der Waals surface area contributed by atoms with E-state index in [4.69, 9.17) is 10.8 Å². The summed E-state index contributed by atoms with van der Waals surface area (Å²) in [7, 11) is 1.49. The Labute approximate surface area is 83.9 Å². The third-order valence-electron chi connectivity index (χ3n) is 2.17. The Bertz CT molecular complexity index is 202. The number of aliphatic carboxylic acids is 1. The van der Waals surface area contributed by atoms with Crippen LogP contribution < -0.4 is 5.73 Å². The molecule has 0 bridgehead atoms.